The predicted molar refractivity (Wildman–Crippen MR) is 121 cm³/mol. The summed E-state index contributed by atoms with van der Waals surface area (Å²) >= 11 is 1.41. The lowest BCUT2D eigenvalue weighted by molar-refractivity contribution is -0.137. The van der Waals surface area contributed by atoms with Gasteiger partial charge in [0.15, 0.2) is 0 Å². The van der Waals surface area contributed by atoms with Crippen LogP contribution in [0, 0.1) is 6.92 Å². The van der Waals surface area contributed by atoms with E-state index in [1.54, 1.807) is 32.4 Å². The maximum Gasteiger partial charge on any atom is 0.278 e. The van der Waals surface area contributed by atoms with Crippen LogP contribution in [0.5, 0.6) is 11.5 Å². The van der Waals surface area contributed by atoms with Crippen LogP contribution in [0.3, 0.4) is 0 Å². The zero-order valence-corrected chi connectivity index (χ0v) is 18.3. The van der Waals surface area contributed by atoms with Crippen LogP contribution in [-0.2, 0) is 16.1 Å². The number of amides is 2. The Morgan fingerprint density at radius 3 is 2.39 bits per heavy atom. The van der Waals surface area contributed by atoms with Crippen LogP contribution in [0.2, 0.25) is 0 Å². The van der Waals surface area contributed by atoms with Gasteiger partial charge in [-0.3, -0.25) is 14.5 Å². The van der Waals surface area contributed by atoms with Gasteiger partial charge < -0.3 is 14.8 Å². The van der Waals surface area contributed by atoms with Gasteiger partial charge in [-0.2, -0.15) is 0 Å². The van der Waals surface area contributed by atoms with Gasteiger partial charge in [0.2, 0.25) is 0 Å². The SMILES string of the molecule is COc1ccc(OC)c(NC2=C(c3cccs3)C(=O)N(Cc3ccc(C)cc3)C2=O)c1. The van der Waals surface area contributed by atoms with Crippen LogP contribution in [0.1, 0.15) is 16.0 Å². The summed E-state index contributed by atoms with van der Waals surface area (Å²) in [5.74, 6) is 0.446. The van der Waals surface area contributed by atoms with E-state index in [0.29, 0.717) is 22.8 Å². The average molecular weight is 435 g/mol. The summed E-state index contributed by atoms with van der Waals surface area (Å²) in [6.07, 6.45) is 0. The number of ether oxygens (including phenoxy) is 2. The van der Waals surface area contributed by atoms with Crippen LogP contribution < -0.4 is 14.8 Å². The Balaban J connectivity index is 1.73. The van der Waals surface area contributed by atoms with Crippen molar-refractivity contribution in [1.29, 1.82) is 0 Å². The van der Waals surface area contributed by atoms with E-state index in [4.69, 9.17) is 9.47 Å². The van der Waals surface area contributed by atoms with Crippen molar-refractivity contribution in [2.24, 2.45) is 0 Å². The molecule has 4 rings (SSSR count). The summed E-state index contributed by atoms with van der Waals surface area (Å²) in [7, 11) is 3.11. The molecule has 31 heavy (non-hydrogen) atoms. The number of hydrogen-bond acceptors (Lipinski definition) is 6. The molecule has 0 saturated carbocycles. The zero-order valence-electron chi connectivity index (χ0n) is 17.5. The van der Waals surface area contributed by atoms with E-state index >= 15 is 0 Å². The van der Waals surface area contributed by atoms with Crippen LogP contribution in [0.15, 0.2) is 65.7 Å². The first kappa shape index (κ1) is 20.7. The Morgan fingerprint density at radius 1 is 0.968 bits per heavy atom. The number of benzene rings is 2. The van der Waals surface area contributed by atoms with Crippen molar-refractivity contribution in [2.45, 2.75) is 13.5 Å². The molecule has 0 saturated heterocycles. The standard InChI is InChI=1S/C24H22N2O4S/c1-15-6-8-16(9-7-15)14-26-23(27)21(20-5-4-12-31-20)22(24(26)28)25-18-13-17(29-2)10-11-19(18)30-3/h4-13,25H,14H2,1-3H3. The van der Waals surface area contributed by atoms with Gasteiger partial charge >= 0.3 is 0 Å². The van der Waals surface area contributed by atoms with E-state index in [2.05, 4.69) is 5.32 Å². The van der Waals surface area contributed by atoms with Gasteiger partial charge in [0, 0.05) is 10.9 Å². The van der Waals surface area contributed by atoms with E-state index < -0.39 is 0 Å². The maximum absolute atomic E-state index is 13.4. The third kappa shape index (κ3) is 4.04. The topological polar surface area (TPSA) is 67.9 Å². The zero-order chi connectivity index (χ0) is 22.0. The second kappa shape index (κ2) is 8.65. The number of rotatable bonds is 7. The van der Waals surface area contributed by atoms with Crippen molar-refractivity contribution in [1.82, 2.24) is 4.90 Å². The number of anilines is 1. The number of imide groups is 1. The van der Waals surface area contributed by atoms with Crippen LogP contribution in [0.4, 0.5) is 5.69 Å². The first-order valence-electron chi connectivity index (χ1n) is 9.70. The molecule has 2 amide bonds. The second-order valence-electron chi connectivity index (χ2n) is 7.10. The highest BCUT2D eigenvalue weighted by molar-refractivity contribution is 7.11. The third-order valence-electron chi connectivity index (χ3n) is 5.06. The quantitative estimate of drug-likeness (QED) is 0.556. The molecular formula is C24H22N2O4S. The Hall–Kier alpha value is -3.58. The molecule has 0 atom stereocenters. The first-order valence-corrected chi connectivity index (χ1v) is 10.6. The normalized spacial score (nSPS) is 13.7. The summed E-state index contributed by atoms with van der Waals surface area (Å²) in [5.41, 5.74) is 3.14. The number of methoxy groups -OCH3 is 2. The number of carbonyl (C=O) groups excluding carboxylic acids is 2. The lowest BCUT2D eigenvalue weighted by atomic mass is 10.1. The molecule has 1 aliphatic heterocycles. The first-order chi connectivity index (χ1) is 15.0. The van der Waals surface area contributed by atoms with Crippen molar-refractivity contribution in [2.75, 3.05) is 19.5 Å². The highest BCUT2D eigenvalue weighted by Gasteiger charge is 2.40. The van der Waals surface area contributed by atoms with E-state index in [1.165, 1.54) is 16.2 Å². The van der Waals surface area contributed by atoms with E-state index in [-0.39, 0.29) is 24.1 Å². The fourth-order valence-electron chi connectivity index (χ4n) is 3.41. The van der Waals surface area contributed by atoms with Gasteiger partial charge in [-0.1, -0.05) is 35.9 Å². The molecule has 6 nitrogen and oxygen atoms in total. The van der Waals surface area contributed by atoms with Crippen LogP contribution in [-0.4, -0.2) is 30.9 Å². The predicted octanol–water partition coefficient (Wildman–Crippen LogP) is 4.47. The van der Waals surface area contributed by atoms with Gasteiger partial charge in [0.05, 0.1) is 32.0 Å². The fraction of sp³-hybridized carbons (Fsp3) is 0.167. The molecule has 0 fully saturated rings. The smallest absolute Gasteiger partial charge is 0.278 e. The largest absolute Gasteiger partial charge is 0.497 e. The Bertz CT molecular complexity index is 1150. The summed E-state index contributed by atoms with van der Waals surface area (Å²) in [6, 6.07) is 16.7. The fourth-order valence-corrected chi connectivity index (χ4v) is 4.18. The lowest BCUT2D eigenvalue weighted by Crippen LogP contribution is -2.32. The Kier molecular flexibility index (Phi) is 5.77. The number of nitrogens with zero attached hydrogens (tertiary/aromatic N) is 1. The molecule has 7 heteroatoms. The van der Waals surface area contributed by atoms with E-state index in [0.717, 1.165) is 16.0 Å². The Labute approximate surface area is 184 Å². The molecule has 2 aromatic carbocycles. The second-order valence-corrected chi connectivity index (χ2v) is 8.05. The van der Waals surface area contributed by atoms with Gasteiger partial charge in [0.1, 0.15) is 17.2 Å². The minimum absolute atomic E-state index is 0.202. The highest BCUT2D eigenvalue weighted by atomic mass is 32.1. The lowest BCUT2D eigenvalue weighted by Gasteiger charge is -2.16. The van der Waals surface area contributed by atoms with Gasteiger partial charge in [-0.25, -0.2) is 0 Å². The molecule has 0 bridgehead atoms. The van der Waals surface area contributed by atoms with Gasteiger partial charge in [0.25, 0.3) is 11.8 Å². The van der Waals surface area contributed by atoms with E-state index in [9.17, 15) is 9.59 Å². The Morgan fingerprint density at radius 2 is 1.74 bits per heavy atom. The van der Waals surface area contributed by atoms with E-state index in [1.807, 2.05) is 48.7 Å². The molecule has 3 aromatic rings. The summed E-state index contributed by atoms with van der Waals surface area (Å²) in [5, 5.41) is 5.03. The molecule has 1 N–H and O–H groups in total. The molecule has 1 aliphatic rings. The molecule has 0 aliphatic carbocycles. The molecule has 158 valence electrons. The number of carbonyl (C=O) groups is 2. The molecule has 0 radical (unpaired) electrons. The van der Waals surface area contributed by atoms with Crippen molar-refractivity contribution in [3.05, 3.63) is 81.7 Å². The minimum atomic E-state index is -0.376. The molecular weight excluding hydrogens is 412 g/mol. The third-order valence-corrected chi connectivity index (χ3v) is 5.95. The highest BCUT2D eigenvalue weighted by Crippen LogP contribution is 2.36. The number of aryl methyl sites for hydroxylation is 1. The van der Waals surface area contributed by atoms with Crippen molar-refractivity contribution in [3.8, 4) is 11.5 Å². The average Bonchev–Trinajstić information content (AvgIpc) is 3.38. The van der Waals surface area contributed by atoms with Gasteiger partial charge in [-0.05, 0) is 36.1 Å². The summed E-state index contributed by atoms with van der Waals surface area (Å²) in [6.45, 7) is 2.20. The van der Waals surface area contributed by atoms with Crippen molar-refractivity contribution >= 4 is 34.4 Å². The van der Waals surface area contributed by atoms with Crippen LogP contribution >= 0.6 is 11.3 Å². The monoisotopic (exact) mass is 434 g/mol. The maximum atomic E-state index is 13.4. The van der Waals surface area contributed by atoms with Crippen LogP contribution in [0.25, 0.3) is 5.57 Å². The minimum Gasteiger partial charge on any atom is -0.497 e. The van der Waals surface area contributed by atoms with Gasteiger partial charge in [-0.15, -0.1) is 11.3 Å². The van der Waals surface area contributed by atoms with Crippen molar-refractivity contribution < 1.29 is 19.1 Å². The molecule has 0 unspecified atom stereocenters. The number of hydrogen-bond donors (Lipinski definition) is 1. The molecule has 2 heterocycles. The summed E-state index contributed by atoms with van der Waals surface area (Å²) in [4.78, 5) is 28.7. The number of thiophene rings is 1. The summed E-state index contributed by atoms with van der Waals surface area (Å²) < 4.78 is 10.7. The molecule has 0 spiro atoms. The molecule has 1 aromatic heterocycles. The van der Waals surface area contributed by atoms with Crippen molar-refractivity contribution in [3.63, 3.8) is 0 Å². The number of nitrogens with one attached hydrogen (secondary N) is 1.